The van der Waals surface area contributed by atoms with Crippen LogP contribution in [0.2, 0.25) is 0 Å². The second kappa shape index (κ2) is 5.38. The summed E-state index contributed by atoms with van der Waals surface area (Å²) in [6, 6.07) is 11.2. The number of benzene rings is 1. The maximum atomic E-state index is 9.98. The molecular formula is C16H12N6O. The topological polar surface area (TPSA) is 98.6 Å². The summed E-state index contributed by atoms with van der Waals surface area (Å²) in [5.74, 6) is 0.972. The van der Waals surface area contributed by atoms with Crippen molar-refractivity contribution >= 4 is 29.9 Å². The summed E-state index contributed by atoms with van der Waals surface area (Å²) in [6.07, 6.45) is 4.99. The van der Waals surface area contributed by atoms with Crippen molar-refractivity contribution in [3.63, 3.8) is 0 Å². The average molecular weight is 304 g/mol. The summed E-state index contributed by atoms with van der Waals surface area (Å²) < 4.78 is 0. The molecule has 112 valence electrons. The van der Waals surface area contributed by atoms with Crippen molar-refractivity contribution in [3.05, 3.63) is 58.9 Å². The molecule has 0 saturated heterocycles. The van der Waals surface area contributed by atoms with Gasteiger partial charge in [-0.05, 0) is 35.6 Å². The third-order valence-electron chi connectivity index (χ3n) is 3.33. The normalized spacial score (nSPS) is 13.0. The van der Waals surface area contributed by atoms with Crippen molar-refractivity contribution in [3.8, 4) is 5.88 Å². The molecule has 7 nitrogen and oxygen atoms in total. The quantitative estimate of drug-likeness (QED) is 0.680. The smallest absolute Gasteiger partial charge is 0.238 e. The molecule has 0 radical (unpaired) electrons. The number of aromatic hydroxyl groups is 1. The molecule has 2 aromatic heterocycles. The van der Waals surface area contributed by atoms with Gasteiger partial charge >= 0.3 is 0 Å². The van der Waals surface area contributed by atoms with E-state index in [1.807, 2.05) is 36.4 Å². The Kier molecular flexibility index (Phi) is 3.09. The molecule has 1 aromatic carbocycles. The lowest BCUT2D eigenvalue weighted by Gasteiger charge is -1.99. The van der Waals surface area contributed by atoms with Crippen LogP contribution in [0.3, 0.4) is 0 Å². The van der Waals surface area contributed by atoms with Crippen LogP contribution in [0.4, 0.5) is 17.5 Å². The Labute approximate surface area is 130 Å². The molecule has 0 bridgehead atoms. The standard InChI is InChI=1S/C16H12N6O/c23-15-13(8-10-4-5-11-12(7-10)19-9-18-11)20-16(22-15)21-14-3-1-2-6-17-14/h1-9,23H,(H2,17,20,21,22)/b10-8+. The third kappa shape index (κ3) is 2.67. The number of aliphatic imine (C=N–C) groups is 1. The van der Waals surface area contributed by atoms with Crippen molar-refractivity contribution in [1.82, 2.24) is 15.0 Å². The van der Waals surface area contributed by atoms with Gasteiger partial charge in [0.25, 0.3) is 0 Å². The van der Waals surface area contributed by atoms with Crippen molar-refractivity contribution in [2.24, 2.45) is 9.98 Å². The summed E-state index contributed by atoms with van der Waals surface area (Å²) in [5, 5.41) is 14.7. The molecule has 0 saturated carbocycles. The highest BCUT2D eigenvalue weighted by molar-refractivity contribution is 5.67. The van der Waals surface area contributed by atoms with Gasteiger partial charge in [0.05, 0.1) is 11.0 Å². The summed E-state index contributed by atoms with van der Waals surface area (Å²) in [6.45, 7) is 0. The van der Waals surface area contributed by atoms with Gasteiger partial charge < -0.3 is 15.4 Å². The fourth-order valence-corrected chi connectivity index (χ4v) is 2.26. The molecule has 0 fully saturated rings. The zero-order chi connectivity index (χ0) is 15.6. The highest BCUT2D eigenvalue weighted by Gasteiger charge is 2.07. The summed E-state index contributed by atoms with van der Waals surface area (Å²) in [4.78, 5) is 19.5. The molecular weight excluding hydrogens is 292 g/mol. The Morgan fingerprint density at radius 1 is 1.17 bits per heavy atom. The van der Waals surface area contributed by atoms with Crippen molar-refractivity contribution in [2.75, 3.05) is 5.32 Å². The number of hydrogen-bond acceptors (Lipinski definition) is 6. The number of pyridine rings is 1. The van der Waals surface area contributed by atoms with Crippen LogP contribution < -0.4 is 15.9 Å². The molecule has 7 heteroatoms. The number of nitrogens with one attached hydrogen (secondary N) is 2. The first-order valence-corrected chi connectivity index (χ1v) is 6.97. The number of aromatic nitrogens is 3. The van der Waals surface area contributed by atoms with Crippen LogP contribution in [-0.4, -0.2) is 26.4 Å². The van der Waals surface area contributed by atoms with Crippen LogP contribution in [0.5, 0.6) is 5.88 Å². The van der Waals surface area contributed by atoms with E-state index in [-0.39, 0.29) is 5.88 Å². The van der Waals surface area contributed by atoms with Crippen LogP contribution in [-0.2, 0) is 0 Å². The van der Waals surface area contributed by atoms with Gasteiger partial charge in [-0.25, -0.2) is 15.0 Å². The molecule has 23 heavy (non-hydrogen) atoms. The number of nitrogens with zero attached hydrogens (tertiary/aromatic N) is 4. The third-order valence-corrected chi connectivity index (χ3v) is 3.33. The van der Waals surface area contributed by atoms with E-state index in [0.717, 1.165) is 16.3 Å². The molecule has 0 atom stereocenters. The fourth-order valence-electron chi connectivity index (χ4n) is 2.26. The van der Waals surface area contributed by atoms with E-state index < -0.39 is 0 Å². The van der Waals surface area contributed by atoms with Crippen molar-refractivity contribution < 1.29 is 5.11 Å². The summed E-state index contributed by atoms with van der Waals surface area (Å²) >= 11 is 0. The molecule has 4 rings (SSSR count). The molecule has 1 aliphatic heterocycles. The van der Waals surface area contributed by atoms with Crippen LogP contribution in [0.1, 0.15) is 5.69 Å². The molecule has 0 unspecified atom stereocenters. The van der Waals surface area contributed by atoms with E-state index in [9.17, 15) is 5.11 Å². The Morgan fingerprint density at radius 2 is 2.13 bits per heavy atom. The van der Waals surface area contributed by atoms with E-state index in [4.69, 9.17) is 0 Å². The summed E-state index contributed by atoms with van der Waals surface area (Å²) in [5.41, 5.74) is 1.31. The van der Waals surface area contributed by atoms with Gasteiger partial charge in [-0.1, -0.05) is 12.1 Å². The van der Waals surface area contributed by atoms with E-state index in [1.54, 1.807) is 12.3 Å². The first kappa shape index (κ1) is 13.2. The number of anilines is 2. The number of rotatable bonds is 3. The van der Waals surface area contributed by atoms with Crippen molar-refractivity contribution in [2.45, 2.75) is 0 Å². The molecule has 0 amide bonds. The molecule has 3 N–H and O–H groups in total. The van der Waals surface area contributed by atoms with Gasteiger partial charge in [-0.2, -0.15) is 4.98 Å². The maximum Gasteiger partial charge on any atom is 0.238 e. The summed E-state index contributed by atoms with van der Waals surface area (Å²) in [7, 11) is 0. The molecule has 1 aliphatic rings. The van der Waals surface area contributed by atoms with E-state index in [0.29, 0.717) is 17.5 Å². The largest absolute Gasteiger partial charge is 0.492 e. The molecule has 0 spiro atoms. The number of H-pyrrole nitrogens is 1. The minimum absolute atomic E-state index is 0.0860. The second-order valence-corrected chi connectivity index (χ2v) is 4.93. The molecule has 3 aromatic rings. The lowest BCUT2D eigenvalue weighted by Crippen LogP contribution is -2.07. The lowest BCUT2D eigenvalue weighted by atomic mass is 10.2. The van der Waals surface area contributed by atoms with Gasteiger partial charge in [0.15, 0.2) is 0 Å². The monoisotopic (exact) mass is 304 g/mol. The highest BCUT2D eigenvalue weighted by atomic mass is 16.3. The zero-order valence-corrected chi connectivity index (χ0v) is 11.9. The van der Waals surface area contributed by atoms with E-state index in [1.165, 1.54) is 6.34 Å². The fraction of sp³-hybridized carbons (Fsp3) is 0. The van der Waals surface area contributed by atoms with Gasteiger partial charge in [0, 0.05) is 6.20 Å². The Bertz CT molecular complexity index is 1010. The minimum Gasteiger partial charge on any atom is -0.492 e. The van der Waals surface area contributed by atoms with Crippen LogP contribution in [0.25, 0.3) is 6.08 Å². The first-order chi connectivity index (χ1) is 11.3. The predicted molar refractivity (Wildman–Crippen MR) is 86.7 cm³/mol. The highest BCUT2D eigenvalue weighted by Crippen LogP contribution is 2.19. The maximum absolute atomic E-state index is 9.98. The first-order valence-electron chi connectivity index (χ1n) is 6.97. The van der Waals surface area contributed by atoms with Crippen molar-refractivity contribution in [1.29, 1.82) is 0 Å². The van der Waals surface area contributed by atoms with Gasteiger partial charge in [-0.15, -0.1) is 0 Å². The van der Waals surface area contributed by atoms with Gasteiger partial charge in [0.2, 0.25) is 11.8 Å². The second-order valence-electron chi connectivity index (χ2n) is 4.93. The number of hydrogen-bond donors (Lipinski definition) is 3. The Balaban J connectivity index is 1.66. The van der Waals surface area contributed by atoms with Gasteiger partial charge in [-0.3, -0.25) is 0 Å². The Morgan fingerprint density at radius 3 is 3.00 bits per heavy atom. The SMILES string of the molecule is Oc1nc(Nc2ccccn2)[nH]c1/C=c1\ccc2c(c1)N=CN=2. The number of fused-ring (bicyclic) bond motifs is 1. The number of imidazole rings is 1. The van der Waals surface area contributed by atoms with Crippen LogP contribution in [0.15, 0.2) is 52.6 Å². The predicted octanol–water partition coefficient (Wildman–Crippen LogP) is 1.38. The van der Waals surface area contributed by atoms with Crippen LogP contribution >= 0.6 is 0 Å². The number of aromatic amines is 1. The average Bonchev–Trinajstić information content (AvgIpc) is 3.15. The van der Waals surface area contributed by atoms with E-state index >= 15 is 0 Å². The zero-order valence-electron chi connectivity index (χ0n) is 11.9. The Hall–Kier alpha value is -3.48. The molecule has 3 heterocycles. The van der Waals surface area contributed by atoms with Crippen LogP contribution in [0, 0.1) is 0 Å². The molecule has 0 aliphatic carbocycles. The minimum atomic E-state index is -0.0860. The van der Waals surface area contributed by atoms with Gasteiger partial charge in [0.1, 0.15) is 17.9 Å². The van der Waals surface area contributed by atoms with E-state index in [2.05, 4.69) is 30.3 Å². The lowest BCUT2D eigenvalue weighted by molar-refractivity contribution is 0.455.